The van der Waals surface area contributed by atoms with Crippen LogP contribution in [0, 0.1) is 0 Å². The van der Waals surface area contributed by atoms with Crippen molar-refractivity contribution in [1.29, 1.82) is 0 Å². The third-order valence-electron chi connectivity index (χ3n) is 3.92. The summed E-state index contributed by atoms with van der Waals surface area (Å²) in [6, 6.07) is 4.08. The Morgan fingerprint density at radius 3 is 2.92 bits per heavy atom. The van der Waals surface area contributed by atoms with Crippen molar-refractivity contribution in [3.8, 4) is 17.1 Å². The maximum absolute atomic E-state index is 12.5. The number of aryl methyl sites for hydroxylation is 1. The van der Waals surface area contributed by atoms with Crippen LogP contribution in [0.3, 0.4) is 0 Å². The fourth-order valence-electron chi connectivity index (χ4n) is 2.78. The molecule has 2 aromatic rings. The standard InChI is InChI=1S/C18H24N4O3/c1-5-24-18(23)15-16(21-22-9-8-12(4)25-17(15)22)13-6-7-14(19-10-13)20-11(2)3/h6-7,10-12H,5,8-9H2,1-4H3,(H,19,20)/t12-/m1/s1. The Hall–Kier alpha value is -2.57. The minimum Gasteiger partial charge on any atom is -0.474 e. The summed E-state index contributed by atoms with van der Waals surface area (Å²) in [5.74, 6) is 0.846. The first kappa shape index (κ1) is 17.3. The summed E-state index contributed by atoms with van der Waals surface area (Å²) in [6.45, 7) is 8.88. The van der Waals surface area contributed by atoms with Crippen molar-refractivity contribution in [3.05, 3.63) is 23.9 Å². The molecular formula is C18H24N4O3. The highest BCUT2D eigenvalue weighted by Gasteiger charge is 2.31. The van der Waals surface area contributed by atoms with Crippen molar-refractivity contribution in [2.24, 2.45) is 0 Å². The van der Waals surface area contributed by atoms with E-state index in [4.69, 9.17) is 9.47 Å². The van der Waals surface area contributed by atoms with Crippen molar-refractivity contribution in [3.63, 3.8) is 0 Å². The summed E-state index contributed by atoms with van der Waals surface area (Å²) in [4.78, 5) is 16.9. The number of fused-ring (bicyclic) bond motifs is 1. The Labute approximate surface area is 147 Å². The molecule has 1 N–H and O–H groups in total. The van der Waals surface area contributed by atoms with Crippen molar-refractivity contribution < 1.29 is 14.3 Å². The van der Waals surface area contributed by atoms with Gasteiger partial charge in [-0.1, -0.05) is 0 Å². The van der Waals surface area contributed by atoms with Gasteiger partial charge in [-0.25, -0.2) is 14.5 Å². The van der Waals surface area contributed by atoms with E-state index in [-0.39, 0.29) is 6.10 Å². The first-order valence-electron chi connectivity index (χ1n) is 8.67. The molecule has 0 bridgehead atoms. The lowest BCUT2D eigenvalue weighted by molar-refractivity contribution is 0.0515. The van der Waals surface area contributed by atoms with Crippen LogP contribution in [-0.2, 0) is 11.3 Å². The Bertz CT molecular complexity index is 752. The minimum atomic E-state index is -0.419. The molecule has 3 heterocycles. The number of aromatic nitrogens is 3. The van der Waals surface area contributed by atoms with Crippen molar-refractivity contribution in [1.82, 2.24) is 14.8 Å². The highest BCUT2D eigenvalue weighted by atomic mass is 16.5. The number of esters is 1. The van der Waals surface area contributed by atoms with Gasteiger partial charge in [-0.15, -0.1) is 0 Å². The second-order valence-electron chi connectivity index (χ2n) is 6.42. The van der Waals surface area contributed by atoms with Crippen LogP contribution in [0.1, 0.15) is 44.5 Å². The fourth-order valence-corrected chi connectivity index (χ4v) is 2.78. The van der Waals surface area contributed by atoms with Crippen LogP contribution in [-0.4, -0.2) is 39.5 Å². The smallest absolute Gasteiger partial charge is 0.345 e. The van der Waals surface area contributed by atoms with Crippen LogP contribution < -0.4 is 10.1 Å². The van der Waals surface area contributed by atoms with Gasteiger partial charge in [0.25, 0.3) is 0 Å². The van der Waals surface area contributed by atoms with E-state index in [1.165, 1.54) is 0 Å². The van der Waals surface area contributed by atoms with E-state index in [0.717, 1.165) is 17.8 Å². The highest BCUT2D eigenvalue weighted by molar-refractivity contribution is 5.98. The quantitative estimate of drug-likeness (QED) is 0.840. The van der Waals surface area contributed by atoms with Crippen LogP contribution in [0.2, 0.25) is 0 Å². The lowest BCUT2D eigenvalue weighted by Gasteiger charge is -2.21. The van der Waals surface area contributed by atoms with Crippen LogP contribution >= 0.6 is 0 Å². The Morgan fingerprint density at radius 1 is 1.48 bits per heavy atom. The molecule has 1 aliphatic heterocycles. The molecule has 7 nitrogen and oxygen atoms in total. The van der Waals surface area contributed by atoms with Gasteiger partial charge >= 0.3 is 5.97 Å². The summed E-state index contributed by atoms with van der Waals surface area (Å²) in [6.07, 6.45) is 2.61. The fraction of sp³-hybridized carbons (Fsp3) is 0.500. The molecule has 1 aliphatic rings. The SMILES string of the molecule is CCOC(=O)c1c(-c2ccc(NC(C)C)nc2)nn2c1O[C@H](C)CC2. The van der Waals surface area contributed by atoms with Gasteiger partial charge in [0.05, 0.1) is 12.7 Å². The number of pyridine rings is 1. The number of anilines is 1. The molecule has 3 rings (SSSR count). The maximum Gasteiger partial charge on any atom is 0.345 e. The number of hydrogen-bond donors (Lipinski definition) is 1. The molecule has 1 atom stereocenters. The van der Waals surface area contributed by atoms with Gasteiger partial charge in [-0.05, 0) is 39.8 Å². The number of ether oxygens (including phenoxy) is 2. The highest BCUT2D eigenvalue weighted by Crippen LogP contribution is 2.34. The molecule has 0 spiro atoms. The van der Waals surface area contributed by atoms with Crippen molar-refractivity contribution in [2.75, 3.05) is 11.9 Å². The van der Waals surface area contributed by atoms with E-state index in [2.05, 4.69) is 29.2 Å². The second kappa shape index (κ2) is 7.13. The van der Waals surface area contributed by atoms with Gasteiger partial charge in [-0.2, -0.15) is 5.10 Å². The van der Waals surface area contributed by atoms with Gasteiger partial charge in [0.15, 0.2) is 0 Å². The maximum atomic E-state index is 12.5. The van der Waals surface area contributed by atoms with Gasteiger partial charge in [0.1, 0.15) is 17.1 Å². The molecule has 0 aliphatic carbocycles. The van der Waals surface area contributed by atoms with E-state index in [9.17, 15) is 4.79 Å². The molecule has 0 fully saturated rings. The van der Waals surface area contributed by atoms with E-state index in [0.29, 0.717) is 36.3 Å². The lowest BCUT2D eigenvalue weighted by atomic mass is 10.1. The van der Waals surface area contributed by atoms with Gasteiger partial charge in [0, 0.05) is 30.8 Å². The van der Waals surface area contributed by atoms with Crippen LogP contribution in [0.25, 0.3) is 11.3 Å². The first-order chi connectivity index (χ1) is 12.0. The molecule has 0 amide bonds. The number of carbonyl (C=O) groups is 1. The van der Waals surface area contributed by atoms with Gasteiger partial charge in [0.2, 0.25) is 5.88 Å². The summed E-state index contributed by atoms with van der Waals surface area (Å²) < 4.78 is 12.8. The number of nitrogens with one attached hydrogen (secondary N) is 1. The normalized spacial score (nSPS) is 16.3. The van der Waals surface area contributed by atoms with Crippen LogP contribution in [0.4, 0.5) is 5.82 Å². The molecule has 25 heavy (non-hydrogen) atoms. The Kier molecular flexibility index (Phi) is 4.92. The van der Waals surface area contributed by atoms with Crippen LogP contribution in [0.5, 0.6) is 5.88 Å². The minimum absolute atomic E-state index is 0.0426. The molecule has 134 valence electrons. The zero-order valence-electron chi connectivity index (χ0n) is 15.1. The number of rotatable bonds is 5. The predicted molar refractivity (Wildman–Crippen MR) is 94.9 cm³/mol. The van der Waals surface area contributed by atoms with Gasteiger partial charge < -0.3 is 14.8 Å². The van der Waals surface area contributed by atoms with Crippen molar-refractivity contribution >= 4 is 11.8 Å². The predicted octanol–water partition coefficient (Wildman–Crippen LogP) is 3.11. The topological polar surface area (TPSA) is 78.3 Å². The van der Waals surface area contributed by atoms with Crippen molar-refractivity contribution in [2.45, 2.75) is 52.8 Å². The summed E-state index contributed by atoms with van der Waals surface area (Å²) in [7, 11) is 0. The van der Waals surface area contributed by atoms with E-state index in [1.54, 1.807) is 17.8 Å². The third kappa shape index (κ3) is 3.60. The Morgan fingerprint density at radius 2 is 2.28 bits per heavy atom. The summed E-state index contributed by atoms with van der Waals surface area (Å²) in [5, 5.41) is 7.82. The van der Waals surface area contributed by atoms with Crippen LogP contribution in [0.15, 0.2) is 18.3 Å². The number of carbonyl (C=O) groups excluding carboxylic acids is 1. The molecule has 0 saturated carbocycles. The molecule has 0 saturated heterocycles. The lowest BCUT2D eigenvalue weighted by Crippen LogP contribution is -2.24. The Balaban J connectivity index is 2.01. The van der Waals surface area contributed by atoms with Gasteiger partial charge in [-0.3, -0.25) is 0 Å². The van der Waals surface area contributed by atoms with E-state index >= 15 is 0 Å². The molecule has 7 heteroatoms. The van der Waals surface area contributed by atoms with E-state index in [1.807, 2.05) is 19.1 Å². The molecule has 0 unspecified atom stereocenters. The zero-order valence-corrected chi connectivity index (χ0v) is 15.1. The molecule has 2 aromatic heterocycles. The average Bonchev–Trinajstić information content (AvgIpc) is 2.93. The second-order valence-corrected chi connectivity index (χ2v) is 6.42. The summed E-state index contributed by atoms with van der Waals surface area (Å²) in [5.41, 5.74) is 1.68. The molecule has 0 aromatic carbocycles. The molecule has 0 radical (unpaired) electrons. The largest absolute Gasteiger partial charge is 0.474 e. The number of hydrogen-bond acceptors (Lipinski definition) is 6. The summed E-state index contributed by atoms with van der Waals surface area (Å²) >= 11 is 0. The first-order valence-corrected chi connectivity index (χ1v) is 8.67. The number of nitrogens with zero attached hydrogens (tertiary/aromatic N) is 3. The monoisotopic (exact) mass is 344 g/mol. The van der Waals surface area contributed by atoms with E-state index < -0.39 is 5.97 Å². The third-order valence-corrected chi connectivity index (χ3v) is 3.92. The average molecular weight is 344 g/mol. The zero-order chi connectivity index (χ0) is 18.0. The molecular weight excluding hydrogens is 320 g/mol.